The highest BCUT2D eigenvalue weighted by molar-refractivity contribution is 7.98. The zero-order chi connectivity index (χ0) is 20.4. The van der Waals surface area contributed by atoms with Gasteiger partial charge in [0.15, 0.2) is 5.88 Å². The Labute approximate surface area is 174 Å². The number of ether oxygens (including phenoxy) is 2. The number of fused-ring (bicyclic) bond motifs is 1. The number of methoxy groups -OCH3 is 1. The van der Waals surface area contributed by atoms with Crippen molar-refractivity contribution in [3.63, 3.8) is 0 Å². The predicted octanol–water partition coefficient (Wildman–Crippen LogP) is 4.25. The van der Waals surface area contributed by atoms with Gasteiger partial charge in [-0.05, 0) is 43.4 Å². The molecule has 0 saturated heterocycles. The first-order valence-corrected chi connectivity index (χ1v) is 10.9. The molecule has 150 valence electrons. The van der Waals surface area contributed by atoms with Gasteiger partial charge in [-0.3, -0.25) is 4.40 Å². The van der Waals surface area contributed by atoms with Gasteiger partial charge in [0.25, 0.3) is 0 Å². The third kappa shape index (κ3) is 3.66. The summed E-state index contributed by atoms with van der Waals surface area (Å²) in [6, 6.07) is 11.9. The first-order valence-electron chi connectivity index (χ1n) is 9.63. The van der Waals surface area contributed by atoms with Crippen molar-refractivity contribution in [3.8, 4) is 29.0 Å². The van der Waals surface area contributed by atoms with Crippen molar-refractivity contribution in [2.24, 2.45) is 5.73 Å². The van der Waals surface area contributed by atoms with Crippen molar-refractivity contribution >= 4 is 17.4 Å². The monoisotopic (exact) mass is 408 g/mol. The van der Waals surface area contributed by atoms with Gasteiger partial charge >= 0.3 is 0 Å². The molecule has 4 rings (SSSR count). The van der Waals surface area contributed by atoms with E-state index in [2.05, 4.69) is 11.1 Å². The molecule has 1 aromatic carbocycles. The van der Waals surface area contributed by atoms with E-state index >= 15 is 0 Å². The van der Waals surface area contributed by atoms with Crippen LogP contribution in [0.4, 0.5) is 0 Å². The Morgan fingerprint density at radius 2 is 2.10 bits per heavy atom. The molecular weight excluding hydrogens is 384 g/mol. The highest BCUT2D eigenvalue weighted by Gasteiger charge is 2.30. The molecule has 0 unspecified atom stereocenters. The lowest BCUT2D eigenvalue weighted by atomic mass is 10.0. The number of pyridine rings is 1. The number of aromatic nitrogens is 2. The molecule has 2 heterocycles. The van der Waals surface area contributed by atoms with E-state index in [-0.39, 0.29) is 5.54 Å². The summed E-state index contributed by atoms with van der Waals surface area (Å²) in [6.45, 7) is 0.412. The number of benzene rings is 1. The highest BCUT2D eigenvalue weighted by atomic mass is 32.2. The van der Waals surface area contributed by atoms with Gasteiger partial charge in [0, 0.05) is 10.5 Å². The summed E-state index contributed by atoms with van der Waals surface area (Å²) in [4.78, 5) is 5.37. The second kappa shape index (κ2) is 7.97. The van der Waals surface area contributed by atoms with Crippen LogP contribution in [0.25, 0.3) is 16.9 Å². The van der Waals surface area contributed by atoms with Crippen LogP contribution in [0.5, 0.6) is 11.6 Å². The molecule has 2 N–H and O–H groups in total. The van der Waals surface area contributed by atoms with E-state index in [4.69, 9.17) is 15.2 Å². The van der Waals surface area contributed by atoms with Gasteiger partial charge in [-0.2, -0.15) is 5.26 Å². The molecule has 0 bridgehead atoms. The fraction of sp³-hybridized carbons (Fsp3) is 0.364. The quantitative estimate of drug-likeness (QED) is 0.614. The van der Waals surface area contributed by atoms with Gasteiger partial charge in [0.2, 0.25) is 0 Å². The number of hydrogen-bond acceptors (Lipinski definition) is 6. The van der Waals surface area contributed by atoms with Crippen LogP contribution in [0.15, 0.2) is 41.4 Å². The van der Waals surface area contributed by atoms with Crippen LogP contribution in [0.3, 0.4) is 0 Å². The Hall–Kier alpha value is -2.69. The number of nitrogens with two attached hydrogens (primary N) is 1. The minimum absolute atomic E-state index is 0.311. The van der Waals surface area contributed by atoms with Crippen molar-refractivity contribution < 1.29 is 9.47 Å². The maximum Gasteiger partial charge on any atom is 0.199 e. The fourth-order valence-corrected chi connectivity index (χ4v) is 4.53. The van der Waals surface area contributed by atoms with Crippen LogP contribution in [0.2, 0.25) is 0 Å². The molecule has 0 aliphatic heterocycles. The Balaban J connectivity index is 1.80. The standard InChI is InChI=1S/C22H24N4O2S/c1-27-21-7-5-6-20-25-13-17(26(20)21)15-10-18(16(12-23)19(11-15)29-2)28-14-22(24)8-3-4-9-22/h5-7,10-11,13H,3-4,8-9,14,24H2,1-2H3. The first-order chi connectivity index (χ1) is 14.1. The van der Waals surface area contributed by atoms with Crippen molar-refractivity contribution in [3.05, 3.63) is 42.1 Å². The van der Waals surface area contributed by atoms with Gasteiger partial charge in [0.05, 0.1) is 24.5 Å². The number of thioether (sulfide) groups is 1. The van der Waals surface area contributed by atoms with E-state index < -0.39 is 0 Å². The Morgan fingerprint density at radius 3 is 2.79 bits per heavy atom. The second-order valence-electron chi connectivity index (χ2n) is 7.43. The second-order valence-corrected chi connectivity index (χ2v) is 8.27. The van der Waals surface area contributed by atoms with Gasteiger partial charge in [0.1, 0.15) is 29.6 Å². The number of nitriles is 1. The third-order valence-corrected chi connectivity index (χ3v) is 6.27. The number of hydrogen-bond donors (Lipinski definition) is 1. The minimum atomic E-state index is -0.311. The molecule has 29 heavy (non-hydrogen) atoms. The molecule has 0 spiro atoms. The lowest BCUT2D eigenvalue weighted by Gasteiger charge is -2.24. The molecule has 7 heteroatoms. The third-order valence-electron chi connectivity index (χ3n) is 5.51. The maximum absolute atomic E-state index is 9.75. The molecule has 1 aliphatic rings. The van der Waals surface area contributed by atoms with E-state index in [0.29, 0.717) is 23.8 Å². The molecule has 0 atom stereocenters. The topological polar surface area (TPSA) is 85.6 Å². The summed E-state index contributed by atoms with van der Waals surface area (Å²) in [5.41, 5.74) is 9.29. The molecule has 1 fully saturated rings. The zero-order valence-electron chi connectivity index (χ0n) is 16.6. The molecule has 1 aliphatic carbocycles. The van der Waals surface area contributed by atoms with Crippen molar-refractivity contribution in [1.82, 2.24) is 9.38 Å². The normalized spacial score (nSPS) is 15.4. The average molecular weight is 409 g/mol. The lowest BCUT2D eigenvalue weighted by Crippen LogP contribution is -2.42. The van der Waals surface area contributed by atoms with Crippen LogP contribution in [0.1, 0.15) is 31.2 Å². The maximum atomic E-state index is 9.75. The van der Waals surface area contributed by atoms with Crippen molar-refractivity contribution in [2.45, 2.75) is 36.1 Å². The Morgan fingerprint density at radius 1 is 1.31 bits per heavy atom. The predicted molar refractivity (Wildman–Crippen MR) is 115 cm³/mol. The van der Waals surface area contributed by atoms with Gasteiger partial charge in [-0.1, -0.05) is 18.9 Å². The summed E-state index contributed by atoms with van der Waals surface area (Å²) in [7, 11) is 1.64. The van der Waals surface area contributed by atoms with Crippen molar-refractivity contribution in [1.29, 1.82) is 5.26 Å². The summed E-state index contributed by atoms with van der Waals surface area (Å²) in [5, 5.41) is 9.75. The van der Waals surface area contributed by atoms with Crippen molar-refractivity contribution in [2.75, 3.05) is 20.0 Å². The molecule has 0 amide bonds. The smallest absolute Gasteiger partial charge is 0.199 e. The largest absolute Gasteiger partial charge is 0.490 e. The fourth-order valence-electron chi connectivity index (χ4n) is 3.94. The number of nitrogens with zero attached hydrogens (tertiary/aromatic N) is 3. The molecule has 6 nitrogen and oxygen atoms in total. The summed E-state index contributed by atoms with van der Waals surface area (Å²) >= 11 is 1.52. The van der Waals surface area contributed by atoms with Crippen LogP contribution in [-0.2, 0) is 0 Å². The Bertz CT molecular complexity index is 1080. The summed E-state index contributed by atoms with van der Waals surface area (Å²) in [5.74, 6) is 1.26. The minimum Gasteiger partial charge on any atom is -0.490 e. The van der Waals surface area contributed by atoms with E-state index in [0.717, 1.165) is 47.5 Å². The number of imidazole rings is 1. The van der Waals surface area contributed by atoms with Crippen LogP contribution in [0, 0.1) is 11.3 Å². The van der Waals surface area contributed by atoms with E-state index in [1.165, 1.54) is 11.8 Å². The molecular formula is C22H24N4O2S. The van der Waals surface area contributed by atoms with Crippen LogP contribution < -0.4 is 15.2 Å². The SMILES string of the molecule is COc1cccc2ncc(-c3cc(OCC4(N)CCCC4)c(C#N)c(SC)c3)n12. The molecule has 2 aromatic heterocycles. The molecule has 0 radical (unpaired) electrons. The van der Waals surface area contributed by atoms with Gasteiger partial charge in [-0.15, -0.1) is 11.8 Å². The van der Waals surface area contributed by atoms with Gasteiger partial charge < -0.3 is 15.2 Å². The summed E-state index contributed by atoms with van der Waals surface area (Å²) in [6.07, 6.45) is 7.93. The first kappa shape index (κ1) is 19.6. The van der Waals surface area contributed by atoms with E-state index in [1.54, 1.807) is 7.11 Å². The summed E-state index contributed by atoms with van der Waals surface area (Å²) < 4.78 is 13.6. The van der Waals surface area contributed by atoms with Gasteiger partial charge in [-0.25, -0.2) is 4.98 Å². The van der Waals surface area contributed by atoms with Crippen LogP contribution in [-0.4, -0.2) is 34.9 Å². The van der Waals surface area contributed by atoms with E-state index in [1.807, 2.05) is 47.2 Å². The number of rotatable bonds is 6. The molecule has 3 aromatic rings. The molecule has 1 saturated carbocycles. The lowest BCUT2D eigenvalue weighted by molar-refractivity contribution is 0.219. The Kier molecular flexibility index (Phi) is 5.39. The van der Waals surface area contributed by atoms with E-state index in [9.17, 15) is 5.26 Å². The zero-order valence-corrected chi connectivity index (χ0v) is 17.5. The highest BCUT2D eigenvalue weighted by Crippen LogP contribution is 2.37. The average Bonchev–Trinajstić information content (AvgIpc) is 3.38. The van der Waals surface area contributed by atoms with Crippen LogP contribution >= 0.6 is 11.8 Å².